The van der Waals surface area contributed by atoms with Gasteiger partial charge in [0.25, 0.3) is 0 Å². The van der Waals surface area contributed by atoms with Crippen molar-refractivity contribution in [3.63, 3.8) is 0 Å². The molecule has 2 aromatic heterocycles. The van der Waals surface area contributed by atoms with Crippen molar-refractivity contribution in [1.29, 1.82) is 0 Å². The lowest BCUT2D eigenvalue weighted by Crippen LogP contribution is -2.01. The molecule has 5 nitrogen and oxygen atoms in total. The fraction of sp³-hybridized carbons (Fsp3) is 0.0909. The highest BCUT2D eigenvalue weighted by Gasteiger charge is 2.12. The van der Waals surface area contributed by atoms with Gasteiger partial charge >= 0.3 is 0 Å². The number of aromatic amines is 1. The van der Waals surface area contributed by atoms with E-state index in [4.69, 9.17) is 11.2 Å². The summed E-state index contributed by atoms with van der Waals surface area (Å²) in [6.45, 7) is 1.27. The van der Waals surface area contributed by atoms with Crippen molar-refractivity contribution in [3.8, 4) is 29.5 Å². The summed E-state index contributed by atoms with van der Waals surface area (Å²) >= 11 is 0. The molecule has 0 spiro atoms. The van der Waals surface area contributed by atoms with Gasteiger partial charge in [0.2, 0.25) is 0 Å². The average Bonchev–Trinajstić information content (AvgIpc) is 3.37. The molecule has 0 aliphatic heterocycles. The van der Waals surface area contributed by atoms with Crippen LogP contribution in [0.5, 0.6) is 5.75 Å². The molecule has 2 heterocycles. The first-order valence-electron chi connectivity index (χ1n) is 8.62. The Hall–Kier alpha value is -3.78. The van der Waals surface area contributed by atoms with E-state index in [1.165, 1.54) is 0 Å². The molecule has 0 bridgehead atoms. The number of benzene rings is 2. The van der Waals surface area contributed by atoms with E-state index < -0.39 is 0 Å². The highest BCUT2D eigenvalue weighted by atomic mass is 16.5. The van der Waals surface area contributed by atoms with Crippen molar-refractivity contribution in [3.05, 3.63) is 89.7 Å². The number of terminal acetylenes is 1. The molecule has 0 amide bonds. The van der Waals surface area contributed by atoms with Gasteiger partial charge in [-0.25, -0.2) is 5.10 Å². The Morgan fingerprint density at radius 2 is 1.78 bits per heavy atom. The highest BCUT2D eigenvalue weighted by Crippen LogP contribution is 2.22. The van der Waals surface area contributed by atoms with Crippen LogP contribution in [0.15, 0.2) is 72.9 Å². The highest BCUT2D eigenvalue weighted by molar-refractivity contribution is 5.61. The predicted molar refractivity (Wildman–Crippen MR) is 104 cm³/mol. The molecule has 4 rings (SSSR count). The summed E-state index contributed by atoms with van der Waals surface area (Å²) in [6.07, 6.45) is 7.51. The third-order valence-electron chi connectivity index (χ3n) is 4.29. The van der Waals surface area contributed by atoms with Gasteiger partial charge < -0.3 is 9.30 Å². The molecule has 0 radical (unpaired) electrons. The Labute approximate surface area is 157 Å². The van der Waals surface area contributed by atoms with Gasteiger partial charge in [-0.1, -0.05) is 47.7 Å². The Morgan fingerprint density at radius 3 is 2.56 bits per heavy atom. The zero-order valence-corrected chi connectivity index (χ0v) is 14.7. The van der Waals surface area contributed by atoms with Crippen molar-refractivity contribution in [2.45, 2.75) is 13.2 Å². The van der Waals surface area contributed by atoms with Gasteiger partial charge in [0.05, 0.1) is 5.69 Å². The average molecular weight is 354 g/mol. The maximum atomic E-state index is 5.84. The number of hydrogen-bond acceptors (Lipinski definition) is 3. The summed E-state index contributed by atoms with van der Waals surface area (Å²) in [5.41, 5.74) is 4.51. The van der Waals surface area contributed by atoms with Crippen LogP contribution >= 0.6 is 0 Å². The number of hydrogen-bond donors (Lipinski definition) is 1. The second kappa shape index (κ2) is 7.63. The van der Waals surface area contributed by atoms with Crippen molar-refractivity contribution < 1.29 is 4.74 Å². The lowest BCUT2D eigenvalue weighted by molar-refractivity contribution is 0.306. The van der Waals surface area contributed by atoms with E-state index in [1.807, 2.05) is 48.7 Å². The van der Waals surface area contributed by atoms with E-state index in [0.717, 1.165) is 22.6 Å². The molecule has 0 aliphatic carbocycles. The Balaban J connectivity index is 1.45. The molecule has 4 aromatic rings. The molecule has 0 aliphatic rings. The van der Waals surface area contributed by atoms with E-state index in [2.05, 4.69) is 50.2 Å². The van der Waals surface area contributed by atoms with Gasteiger partial charge in [-0.15, -0.1) is 11.5 Å². The Bertz CT molecular complexity index is 1060. The van der Waals surface area contributed by atoms with E-state index in [0.29, 0.717) is 24.5 Å². The van der Waals surface area contributed by atoms with Crippen molar-refractivity contribution in [2.24, 2.45) is 0 Å². The molecule has 0 saturated carbocycles. The lowest BCUT2D eigenvalue weighted by Gasteiger charge is -2.10. The Kier molecular flexibility index (Phi) is 4.71. The second-order valence-corrected chi connectivity index (χ2v) is 6.12. The largest absolute Gasteiger partial charge is 0.489 e. The third-order valence-corrected chi connectivity index (χ3v) is 4.29. The quantitative estimate of drug-likeness (QED) is 0.535. The monoisotopic (exact) mass is 354 g/mol. The molecule has 5 heteroatoms. The molecule has 2 aromatic carbocycles. The number of H-pyrrole nitrogens is 1. The summed E-state index contributed by atoms with van der Waals surface area (Å²) in [5.74, 6) is 3.43. The molecule has 0 atom stereocenters. The van der Waals surface area contributed by atoms with Crippen LogP contribution in [0.25, 0.3) is 11.4 Å². The minimum Gasteiger partial charge on any atom is -0.489 e. The maximum absolute atomic E-state index is 5.84. The zero-order valence-electron chi connectivity index (χ0n) is 14.7. The smallest absolute Gasteiger partial charge is 0.145 e. The molecular formula is C22H18N4O. The third kappa shape index (κ3) is 3.75. The number of nitrogens with zero attached hydrogens (tertiary/aromatic N) is 3. The number of ether oxygens (including phenoxy) is 1. The van der Waals surface area contributed by atoms with Crippen LogP contribution in [0, 0.1) is 12.3 Å². The molecule has 1 N–H and O–H groups in total. The first kappa shape index (κ1) is 16.7. The fourth-order valence-corrected chi connectivity index (χ4v) is 2.90. The molecular weight excluding hydrogens is 336 g/mol. The minimum absolute atomic E-state index is 0.558. The first-order chi connectivity index (χ1) is 13.3. The SMILES string of the molecule is C#Cc1[nH]nnc1-c1cccn1Cc1ccc(OCc2ccccc2)cc1. The normalized spacial score (nSPS) is 10.5. The van der Waals surface area contributed by atoms with Crippen LogP contribution in [0.3, 0.4) is 0 Å². The number of rotatable bonds is 6. The summed E-state index contributed by atoms with van der Waals surface area (Å²) in [4.78, 5) is 0. The summed E-state index contributed by atoms with van der Waals surface area (Å²) in [7, 11) is 0. The summed E-state index contributed by atoms with van der Waals surface area (Å²) in [5, 5.41) is 10.7. The fourth-order valence-electron chi connectivity index (χ4n) is 2.90. The van der Waals surface area contributed by atoms with E-state index in [-0.39, 0.29) is 0 Å². The minimum atomic E-state index is 0.558. The Morgan fingerprint density at radius 1 is 0.963 bits per heavy atom. The second-order valence-electron chi connectivity index (χ2n) is 6.12. The van der Waals surface area contributed by atoms with Gasteiger partial charge in [0.15, 0.2) is 0 Å². The van der Waals surface area contributed by atoms with Gasteiger partial charge in [-0.2, -0.15) is 0 Å². The van der Waals surface area contributed by atoms with Crippen LogP contribution in [-0.2, 0) is 13.2 Å². The van der Waals surface area contributed by atoms with Crippen LogP contribution in [0.4, 0.5) is 0 Å². The first-order valence-corrected chi connectivity index (χ1v) is 8.62. The van der Waals surface area contributed by atoms with Crippen LogP contribution < -0.4 is 4.74 Å². The standard InChI is InChI=1S/C22H18N4O/c1-2-20-22(24-25-23-20)21-9-6-14-26(21)15-17-10-12-19(13-11-17)27-16-18-7-4-3-5-8-18/h1,3-14H,15-16H2,(H,23,24,25). The van der Waals surface area contributed by atoms with Gasteiger partial charge in [0, 0.05) is 12.7 Å². The molecule has 0 fully saturated rings. The van der Waals surface area contributed by atoms with Crippen molar-refractivity contribution in [1.82, 2.24) is 20.0 Å². The van der Waals surface area contributed by atoms with E-state index in [1.54, 1.807) is 0 Å². The molecule has 132 valence electrons. The molecule has 27 heavy (non-hydrogen) atoms. The summed E-state index contributed by atoms with van der Waals surface area (Å²) < 4.78 is 7.94. The van der Waals surface area contributed by atoms with Crippen LogP contribution in [-0.4, -0.2) is 20.0 Å². The molecule has 0 saturated heterocycles. The van der Waals surface area contributed by atoms with E-state index >= 15 is 0 Å². The van der Waals surface area contributed by atoms with Gasteiger partial charge in [0.1, 0.15) is 23.7 Å². The van der Waals surface area contributed by atoms with Crippen molar-refractivity contribution >= 4 is 0 Å². The van der Waals surface area contributed by atoms with Gasteiger partial charge in [-0.05, 0) is 41.3 Å². The topological polar surface area (TPSA) is 55.7 Å². The number of aromatic nitrogens is 4. The van der Waals surface area contributed by atoms with Crippen LogP contribution in [0.1, 0.15) is 16.8 Å². The van der Waals surface area contributed by atoms with Gasteiger partial charge in [-0.3, -0.25) is 0 Å². The molecule has 0 unspecified atom stereocenters. The zero-order chi connectivity index (χ0) is 18.5. The van der Waals surface area contributed by atoms with Crippen LogP contribution in [0.2, 0.25) is 0 Å². The number of nitrogens with one attached hydrogen (secondary N) is 1. The van der Waals surface area contributed by atoms with Crippen molar-refractivity contribution in [2.75, 3.05) is 0 Å². The maximum Gasteiger partial charge on any atom is 0.145 e. The van der Waals surface area contributed by atoms with E-state index in [9.17, 15) is 0 Å². The predicted octanol–water partition coefficient (Wildman–Crippen LogP) is 3.88. The summed E-state index contributed by atoms with van der Waals surface area (Å²) in [6, 6.07) is 22.2. The lowest BCUT2D eigenvalue weighted by atomic mass is 10.2.